The van der Waals surface area contributed by atoms with Crippen LogP contribution in [0, 0.1) is 11.3 Å². The summed E-state index contributed by atoms with van der Waals surface area (Å²) in [5, 5.41) is 9.56. The van der Waals surface area contributed by atoms with Gasteiger partial charge in [0.05, 0.1) is 18.1 Å². The Kier molecular flexibility index (Phi) is 5.68. The van der Waals surface area contributed by atoms with Crippen molar-refractivity contribution in [2.45, 2.75) is 19.8 Å². The number of carbonyl (C=O) groups is 2. The number of benzene rings is 1. The predicted molar refractivity (Wildman–Crippen MR) is 94.4 cm³/mol. The standard InChI is InChI=1S/C19H21N3O4/c1-5-25-19(24)15-11(2)26-17(21)14(10-20)16(15)12-7-6-8-13(9-12)18(23)22(3)4/h6-9,16H,5,21H2,1-4H3. The Morgan fingerprint density at radius 3 is 2.65 bits per heavy atom. The van der Waals surface area contributed by atoms with Crippen LogP contribution in [0.2, 0.25) is 0 Å². The lowest BCUT2D eigenvalue weighted by atomic mass is 9.82. The second-order valence-electron chi connectivity index (χ2n) is 5.94. The summed E-state index contributed by atoms with van der Waals surface area (Å²) in [5.74, 6) is -1.32. The molecule has 0 aliphatic carbocycles. The van der Waals surface area contributed by atoms with Gasteiger partial charge in [0.25, 0.3) is 5.91 Å². The number of esters is 1. The highest BCUT2D eigenvalue weighted by atomic mass is 16.5. The van der Waals surface area contributed by atoms with E-state index in [0.717, 1.165) is 0 Å². The first-order valence-corrected chi connectivity index (χ1v) is 8.08. The minimum Gasteiger partial charge on any atom is -0.463 e. The zero-order valence-corrected chi connectivity index (χ0v) is 15.2. The van der Waals surface area contributed by atoms with E-state index in [2.05, 4.69) is 0 Å². The largest absolute Gasteiger partial charge is 0.463 e. The number of hydrogen-bond donors (Lipinski definition) is 1. The van der Waals surface area contributed by atoms with E-state index < -0.39 is 11.9 Å². The fraction of sp³-hybridized carbons (Fsp3) is 0.316. The molecular formula is C19H21N3O4. The summed E-state index contributed by atoms with van der Waals surface area (Å²) >= 11 is 0. The Labute approximate surface area is 152 Å². The van der Waals surface area contributed by atoms with E-state index in [1.807, 2.05) is 6.07 Å². The van der Waals surface area contributed by atoms with Crippen molar-refractivity contribution in [2.24, 2.45) is 5.73 Å². The Balaban J connectivity index is 2.63. The van der Waals surface area contributed by atoms with Crippen LogP contribution in [0.25, 0.3) is 0 Å². The average molecular weight is 355 g/mol. The minimum absolute atomic E-state index is 0.0626. The van der Waals surface area contributed by atoms with Crippen LogP contribution in [0.1, 0.15) is 35.7 Å². The number of nitrogens with two attached hydrogens (primary N) is 1. The molecular weight excluding hydrogens is 334 g/mol. The van der Waals surface area contributed by atoms with Crippen LogP contribution in [-0.2, 0) is 14.3 Å². The van der Waals surface area contributed by atoms with Crippen LogP contribution >= 0.6 is 0 Å². The normalized spacial score (nSPS) is 16.7. The van der Waals surface area contributed by atoms with Crippen LogP contribution in [0.4, 0.5) is 0 Å². The fourth-order valence-corrected chi connectivity index (χ4v) is 2.80. The third-order valence-electron chi connectivity index (χ3n) is 3.97. The minimum atomic E-state index is -0.761. The van der Waals surface area contributed by atoms with Crippen molar-refractivity contribution in [3.05, 3.63) is 58.2 Å². The summed E-state index contributed by atoms with van der Waals surface area (Å²) in [7, 11) is 3.30. The molecule has 0 spiro atoms. The van der Waals surface area contributed by atoms with Crippen molar-refractivity contribution in [1.82, 2.24) is 4.90 Å². The predicted octanol–water partition coefficient (Wildman–Crippen LogP) is 2.03. The Morgan fingerprint density at radius 1 is 1.38 bits per heavy atom. The number of rotatable bonds is 4. The first kappa shape index (κ1) is 19.1. The first-order valence-electron chi connectivity index (χ1n) is 8.08. The van der Waals surface area contributed by atoms with E-state index in [4.69, 9.17) is 15.2 Å². The molecule has 1 atom stereocenters. The molecule has 1 heterocycles. The number of nitrogens with zero attached hydrogens (tertiary/aromatic N) is 2. The molecule has 26 heavy (non-hydrogen) atoms. The van der Waals surface area contributed by atoms with Gasteiger partial charge in [0, 0.05) is 19.7 Å². The van der Waals surface area contributed by atoms with Crippen molar-refractivity contribution in [2.75, 3.05) is 20.7 Å². The van der Waals surface area contributed by atoms with E-state index in [9.17, 15) is 14.9 Å². The molecule has 0 radical (unpaired) electrons. The maximum Gasteiger partial charge on any atom is 0.338 e. The SMILES string of the molecule is CCOC(=O)C1=C(C)OC(N)=C(C#N)C1c1cccc(C(=O)N(C)C)c1. The topological polar surface area (TPSA) is 106 Å². The van der Waals surface area contributed by atoms with Crippen LogP contribution < -0.4 is 5.73 Å². The van der Waals surface area contributed by atoms with Crippen LogP contribution in [-0.4, -0.2) is 37.5 Å². The molecule has 1 aromatic rings. The van der Waals surface area contributed by atoms with Gasteiger partial charge in [0.15, 0.2) is 0 Å². The van der Waals surface area contributed by atoms with E-state index in [1.165, 1.54) is 4.90 Å². The summed E-state index contributed by atoms with van der Waals surface area (Å²) in [5.41, 5.74) is 7.20. The van der Waals surface area contributed by atoms with Crippen molar-refractivity contribution >= 4 is 11.9 Å². The molecule has 0 aromatic heterocycles. The zero-order chi connectivity index (χ0) is 19.4. The molecule has 0 saturated carbocycles. The maximum absolute atomic E-state index is 12.5. The van der Waals surface area contributed by atoms with Crippen LogP contribution in [0.5, 0.6) is 0 Å². The summed E-state index contributed by atoms with van der Waals surface area (Å²) in [4.78, 5) is 26.2. The molecule has 7 heteroatoms. The van der Waals surface area contributed by atoms with E-state index in [1.54, 1.807) is 52.2 Å². The first-order chi connectivity index (χ1) is 12.3. The lowest BCUT2D eigenvalue weighted by molar-refractivity contribution is -0.139. The summed E-state index contributed by atoms with van der Waals surface area (Å²) in [6.07, 6.45) is 0. The van der Waals surface area contributed by atoms with E-state index >= 15 is 0 Å². The molecule has 1 unspecified atom stereocenters. The molecule has 136 valence electrons. The molecule has 1 aromatic carbocycles. The highest BCUT2D eigenvalue weighted by molar-refractivity contribution is 5.95. The molecule has 1 aliphatic rings. The van der Waals surface area contributed by atoms with Crippen molar-refractivity contribution in [3.63, 3.8) is 0 Å². The summed E-state index contributed by atoms with van der Waals surface area (Å²) in [6.45, 7) is 3.47. The number of amides is 1. The zero-order valence-electron chi connectivity index (χ0n) is 15.2. The highest BCUT2D eigenvalue weighted by Crippen LogP contribution is 2.39. The number of allylic oxidation sites excluding steroid dienone is 2. The van der Waals surface area contributed by atoms with Gasteiger partial charge in [0.1, 0.15) is 17.4 Å². The Morgan fingerprint density at radius 2 is 2.08 bits per heavy atom. The second kappa shape index (κ2) is 7.74. The third kappa shape index (κ3) is 3.54. The number of hydrogen-bond acceptors (Lipinski definition) is 6. The monoisotopic (exact) mass is 355 g/mol. The Hall–Kier alpha value is -3.27. The lowest BCUT2D eigenvalue weighted by Gasteiger charge is -2.27. The van der Waals surface area contributed by atoms with Crippen molar-refractivity contribution in [1.29, 1.82) is 5.26 Å². The molecule has 0 saturated heterocycles. The molecule has 7 nitrogen and oxygen atoms in total. The van der Waals surface area contributed by atoms with Gasteiger partial charge in [-0.05, 0) is 31.5 Å². The second-order valence-corrected chi connectivity index (χ2v) is 5.94. The van der Waals surface area contributed by atoms with E-state index in [0.29, 0.717) is 11.1 Å². The van der Waals surface area contributed by atoms with Gasteiger partial charge in [-0.2, -0.15) is 5.26 Å². The maximum atomic E-state index is 12.5. The van der Waals surface area contributed by atoms with Crippen molar-refractivity contribution in [3.8, 4) is 6.07 Å². The number of carbonyl (C=O) groups excluding carboxylic acids is 2. The molecule has 2 N–H and O–H groups in total. The molecule has 1 amide bonds. The van der Waals surface area contributed by atoms with Gasteiger partial charge in [0.2, 0.25) is 5.88 Å². The fourth-order valence-electron chi connectivity index (χ4n) is 2.80. The summed E-state index contributed by atoms with van der Waals surface area (Å²) < 4.78 is 10.5. The lowest BCUT2D eigenvalue weighted by Crippen LogP contribution is -2.26. The number of ether oxygens (including phenoxy) is 2. The molecule has 0 fully saturated rings. The molecule has 1 aliphatic heterocycles. The average Bonchev–Trinajstić information content (AvgIpc) is 2.60. The van der Waals surface area contributed by atoms with Crippen LogP contribution in [0.3, 0.4) is 0 Å². The summed E-state index contributed by atoms with van der Waals surface area (Å²) in [6, 6.07) is 8.77. The van der Waals surface area contributed by atoms with Crippen molar-refractivity contribution < 1.29 is 19.1 Å². The van der Waals surface area contributed by atoms with Gasteiger partial charge < -0.3 is 20.1 Å². The van der Waals surface area contributed by atoms with Gasteiger partial charge in [-0.25, -0.2) is 4.79 Å². The Bertz CT molecular complexity index is 847. The van der Waals surface area contributed by atoms with E-state index in [-0.39, 0.29) is 35.3 Å². The van der Waals surface area contributed by atoms with Crippen LogP contribution in [0.15, 0.2) is 47.1 Å². The highest BCUT2D eigenvalue weighted by Gasteiger charge is 2.36. The molecule has 0 bridgehead atoms. The van der Waals surface area contributed by atoms with Gasteiger partial charge in [-0.1, -0.05) is 12.1 Å². The van der Waals surface area contributed by atoms with Gasteiger partial charge in [-0.3, -0.25) is 4.79 Å². The number of nitriles is 1. The third-order valence-corrected chi connectivity index (χ3v) is 3.97. The smallest absolute Gasteiger partial charge is 0.338 e. The quantitative estimate of drug-likeness (QED) is 0.829. The van der Waals surface area contributed by atoms with Gasteiger partial charge in [-0.15, -0.1) is 0 Å². The molecule has 2 rings (SSSR count). The van der Waals surface area contributed by atoms with Gasteiger partial charge >= 0.3 is 5.97 Å².